The molecule has 2 fully saturated rings. The molecule has 5 rings (SSSR count). The van der Waals surface area contributed by atoms with E-state index in [1.165, 1.54) is 6.20 Å². The van der Waals surface area contributed by atoms with E-state index in [1.807, 2.05) is 17.0 Å². The zero-order chi connectivity index (χ0) is 22.2. The van der Waals surface area contributed by atoms with E-state index < -0.39 is 17.2 Å². The number of hydrogen-bond donors (Lipinski definition) is 1. The van der Waals surface area contributed by atoms with Gasteiger partial charge in [0.05, 0.1) is 36.5 Å². The summed E-state index contributed by atoms with van der Waals surface area (Å²) < 4.78 is 28.0. The van der Waals surface area contributed by atoms with Crippen molar-refractivity contribution in [1.29, 1.82) is 0 Å². The smallest absolute Gasteiger partial charge is 0.341 e. The molecule has 2 saturated heterocycles. The van der Waals surface area contributed by atoms with Crippen LogP contribution >= 0.6 is 0 Å². The van der Waals surface area contributed by atoms with Crippen molar-refractivity contribution in [3.8, 4) is 5.88 Å². The molecule has 0 unspecified atom stereocenters. The summed E-state index contributed by atoms with van der Waals surface area (Å²) in [5.41, 5.74) is -0.188. The number of hydrogen-bond acceptors (Lipinski definition) is 6. The van der Waals surface area contributed by atoms with Gasteiger partial charge in [0.25, 0.3) is 0 Å². The van der Waals surface area contributed by atoms with Crippen molar-refractivity contribution in [1.82, 2.24) is 9.55 Å². The molecule has 2 aliphatic heterocycles. The van der Waals surface area contributed by atoms with Gasteiger partial charge in [-0.25, -0.2) is 14.2 Å². The van der Waals surface area contributed by atoms with E-state index in [-0.39, 0.29) is 23.0 Å². The third-order valence-corrected chi connectivity index (χ3v) is 6.09. The molecule has 0 saturated carbocycles. The average molecular weight is 439 g/mol. The number of benzene rings is 1. The number of fused-ring (bicyclic) bond motifs is 1. The van der Waals surface area contributed by atoms with Gasteiger partial charge < -0.3 is 24.0 Å². The van der Waals surface area contributed by atoms with E-state index >= 15 is 4.39 Å². The number of aromatic nitrogens is 2. The Morgan fingerprint density at radius 3 is 2.84 bits per heavy atom. The van der Waals surface area contributed by atoms with Gasteiger partial charge in [-0.3, -0.25) is 4.79 Å². The number of halogens is 1. The standard InChI is InChI=1S/C23H22FN3O5/c24-18-8-16-19(27(15-11-31-12-15)10-17(22(16)28)23(29)30)9-20(18)26-7-3-4-14(26)13-32-21-5-1-2-6-25-21/h1-2,5-6,8-10,14-15H,3-4,7,11-13H2,(H,29,30)/t14-/m1/s1. The molecule has 0 radical (unpaired) electrons. The van der Waals surface area contributed by atoms with E-state index in [0.29, 0.717) is 43.4 Å². The number of carboxylic acid groups (broad SMARTS) is 1. The molecule has 4 heterocycles. The van der Waals surface area contributed by atoms with Crippen LogP contribution in [0.25, 0.3) is 10.9 Å². The highest BCUT2D eigenvalue weighted by Crippen LogP contribution is 2.33. The molecule has 32 heavy (non-hydrogen) atoms. The molecule has 9 heteroatoms. The summed E-state index contributed by atoms with van der Waals surface area (Å²) in [7, 11) is 0. The summed E-state index contributed by atoms with van der Waals surface area (Å²) in [6, 6.07) is 8.08. The van der Waals surface area contributed by atoms with Crippen molar-refractivity contribution >= 4 is 22.6 Å². The lowest BCUT2D eigenvalue weighted by atomic mass is 10.1. The van der Waals surface area contributed by atoms with E-state index in [4.69, 9.17) is 9.47 Å². The molecular weight excluding hydrogens is 417 g/mol. The molecule has 8 nitrogen and oxygen atoms in total. The molecule has 2 aliphatic rings. The molecule has 166 valence electrons. The van der Waals surface area contributed by atoms with Crippen molar-refractivity contribution < 1.29 is 23.8 Å². The normalized spacial score (nSPS) is 18.7. The van der Waals surface area contributed by atoms with Crippen LogP contribution in [-0.2, 0) is 4.74 Å². The second-order valence-corrected chi connectivity index (χ2v) is 8.06. The third-order valence-electron chi connectivity index (χ3n) is 6.09. The van der Waals surface area contributed by atoms with Crippen LogP contribution in [0.3, 0.4) is 0 Å². The van der Waals surface area contributed by atoms with Crippen molar-refractivity contribution in [2.24, 2.45) is 0 Å². The van der Waals surface area contributed by atoms with Gasteiger partial charge in [0.1, 0.15) is 18.0 Å². The predicted octanol–water partition coefficient (Wildman–Crippen LogP) is 2.85. The van der Waals surface area contributed by atoms with Crippen molar-refractivity contribution in [3.63, 3.8) is 0 Å². The number of carboxylic acids is 1. The molecule has 3 aromatic rings. The highest BCUT2D eigenvalue weighted by atomic mass is 19.1. The number of aromatic carboxylic acids is 1. The molecular formula is C23H22FN3O5. The first-order valence-electron chi connectivity index (χ1n) is 10.5. The Hall–Kier alpha value is -3.46. The van der Waals surface area contributed by atoms with E-state index in [9.17, 15) is 14.7 Å². The zero-order valence-corrected chi connectivity index (χ0v) is 17.2. The summed E-state index contributed by atoms with van der Waals surface area (Å²) in [6.07, 6.45) is 4.72. The van der Waals surface area contributed by atoms with Gasteiger partial charge in [-0.05, 0) is 31.0 Å². The van der Waals surface area contributed by atoms with Crippen LogP contribution in [0.15, 0.2) is 47.5 Å². The highest BCUT2D eigenvalue weighted by Gasteiger charge is 2.30. The number of ether oxygens (including phenoxy) is 2. The summed E-state index contributed by atoms with van der Waals surface area (Å²) >= 11 is 0. The maximum atomic E-state index is 15.2. The number of nitrogens with zero attached hydrogens (tertiary/aromatic N) is 3. The fraction of sp³-hybridized carbons (Fsp3) is 0.348. The van der Waals surface area contributed by atoms with E-state index in [1.54, 1.807) is 22.9 Å². The summed E-state index contributed by atoms with van der Waals surface area (Å²) in [6.45, 7) is 1.83. The summed E-state index contributed by atoms with van der Waals surface area (Å²) in [5, 5.41) is 9.49. The van der Waals surface area contributed by atoms with Crippen LogP contribution in [0.1, 0.15) is 29.2 Å². The van der Waals surface area contributed by atoms with Crippen LogP contribution < -0.4 is 15.1 Å². The van der Waals surface area contributed by atoms with Gasteiger partial charge in [-0.2, -0.15) is 0 Å². The second-order valence-electron chi connectivity index (χ2n) is 8.06. The fourth-order valence-corrected chi connectivity index (χ4v) is 4.36. The minimum atomic E-state index is -1.33. The number of pyridine rings is 2. The quantitative estimate of drug-likeness (QED) is 0.631. The average Bonchev–Trinajstić information content (AvgIpc) is 3.21. The Kier molecular flexibility index (Phi) is 5.26. The largest absolute Gasteiger partial charge is 0.477 e. The van der Waals surface area contributed by atoms with Gasteiger partial charge in [0.2, 0.25) is 11.3 Å². The van der Waals surface area contributed by atoms with Crippen molar-refractivity contribution in [2.75, 3.05) is 31.3 Å². The molecule has 1 N–H and O–H groups in total. The molecule has 1 atom stereocenters. The van der Waals surface area contributed by atoms with Gasteiger partial charge in [0.15, 0.2) is 0 Å². The molecule has 0 bridgehead atoms. The summed E-state index contributed by atoms with van der Waals surface area (Å²) in [5.74, 6) is -1.38. The van der Waals surface area contributed by atoms with Gasteiger partial charge >= 0.3 is 5.97 Å². The van der Waals surface area contributed by atoms with Crippen LogP contribution in [-0.4, -0.2) is 53.0 Å². The summed E-state index contributed by atoms with van der Waals surface area (Å²) in [4.78, 5) is 30.4. The van der Waals surface area contributed by atoms with Crippen LogP contribution in [0.5, 0.6) is 5.88 Å². The van der Waals surface area contributed by atoms with Crippen molar-refractivity contribution in [3.05, 3.63) is 64.3 Å². The van der Waals surface area contributed by atoms with Gasteiger partial charge in [-0.15, -0.1) is 0 Å². The first-order valence-corrected chi connectivity index (χ1v) is 10.5. The Balaban J connectivity index is 1.54. The SMILES string of the molecule is O=C(O)c1cn(C2COC2)c2cc(N3CCC[C@@H]3COc3ccccn3)c(F)cc2c1=O. The lowest BCUT2D eigenvalue weighted by molar-refractivity contribution is -0.0217. The van der Waals surface area contributed by atoms with E-state index in [2.05, 4.69) is 4.98 Å². The second kappa shape index (κ2) is 8.23. The first-order chi connectivity index (χ1) is 15.5. The predicted molar refractivity (Wildman–Crippen MR) is 115 cm³/mol. The topological polar surface area (TPSA) is 93.9 Å². The molecule has 2 aromatic heterocycles. The Labute approximate surface area is 182 Å². The molecule has 0 spiro atoms. The fourth-order valence-electron chi connectivity index (χ4n) is 4.36. The van der Waals surface area contributed by atoms with Crippen LogP contribution in [0, 0.1) is 5.82 Å². The Morgan fingerprint density at radius 1 is 1.31 bits per heavy atom. The van der Waals surface area contributed by atoms with Crippen molar-refractivity contribution in [2.45, 2.75) is 24.9 Å². The monoisotopic (exact) mass is 439 g/mol. The number of carbonyl (C=O) groups is 1. The maximum Gasteiger partial charge on any atom is 0.341 e. The number of rotatable bonds is 6. The lowest BCUT2D eigenvalue weighted by Crippen LogP contribution is -2.35. The minimum absolute atomic E-state index is 0.0468. The Morgan fingerprint density at radius 2 is 2.16 bits per heavy atom. The Bertz CT molecular complexity index is 1230. The van der Waals surface area contributed by atoms with Crippen LogP contribution in [0.2, 0.25) is 0 Å². The first kappa shape index (κ1) is 20.4. The minimum Gasteiger partial charge on any atom is -0.477 e. The zero-order valence-electron chi connectivity index (χ0n) is 17.2. The molecule has 1 aromatic carbocycles. The molecule has 0 aliphatic carbocycles. The number of anilines is 1. The maximum absolute atomic E-state index is 15.2. The molecule has 0 amide bonds. The van der Waals surface area contributed by atoms with Crippen LogP contribution in [0.4, 0.5) is 10.1 Å². The van der Waals surface area contributed by atoms with Gasteiger partial charge in [0, 0.05) is 30.4 Å². The van der Waals surface area contributed by atoms with Gasteiger partial charge in [-0.1, -0.05) is 6.07 Å². The van der Waals surface area contributed by atoms with E-state index in [0.717, 1.165) is 18.9 Å². The lowest BCUT2D eigenvalue weighted by Gasteiger charge is -2.31. The third kappa shape index (κ3) is 3.58. The highest BCUT2D eigenvalue weighted by molar-refractivity contribution is 5.93.